The molecular weight excluding hydrogens is 434 g/mol. The predicted octanol–water partition coefficient (Wildman–Crippen LogP) is 3.36. The van der Waals surface area contributed by atoms with Crippen LogP contribution in [0.3, 0.4) is 0 Å². The average molecular weight is 457 g/mol. The van der Waals surface area contributed by atoms with Crippen LogP contribution in [0, 0.1) is 11.2 Å². The number of nitrogens with one attached hydrogen (secondary N) is 2. The number of aliphatic hydroxyl groups excluding tert-OH is 1. The van der Waals surface area contributed by atoms with Crippen LogP contribution in [0.4, 0.5) is 14.9 Å². The molecule has 0 spiro atoms. The molecule has 0 saturated carbocycles. The molecule has 0 heterocycles. The zero-order valence-electron chi connectivity index (χ0n) is 16.5. The number of carbonyl (C=O) groups excluding carboxylic acids is 2. The highest BCUT2D eigenvalue weighted by Gasteiger charge is 2.26. The molecule has 162 valence electrons. The second-order valence-corrected chi connectivity index (χ2v) is 8.11. The van der Waals surface area contributed by atoms with Gasteiger partial charge in [0.1, 0.15) is 5.82 Å². The van der Waals surface area contributed by atoms with Gasteiger partial charge in [-0.05, 0) is 55.8 Å². The fourth-order valence-electron chi connectivity index (χ4n) is 2.38. The van der Waals surface area contributed by atoms with Crippen molar-refractivity contribution in [3.63, 3.8) is 0 Å². The Kier molecular flexibility index (Phi) is 8.03. The molecule has 10 heteroatoms. The van der Waals surface area contributed by atoms with Crippen LogP contribution < -0.4 is 21.5 Å². The van der Waals surface area contributed by atoms with Crippen molar-refractivity contribution in [2.24, 2.45) is 11.3 Å². The molecule has 2 rings (SSSR count). The normalized spacial score (nSPS) is 11.2. The quantitative estimate of drug-likeness (QED) is 0.291. The molecule has 2 aromatic rings. The molecule has 5 N–H and O–H groups in total. The summed E-state index contributed by atoms with van der Waals surface area (Å²) in [5, 5.41) is 16.0. The van der Waals surface area contributed by atoms with Crippen molar-refractivity contribution in [2.75, 3.05) is 11.6 Å². The molecule has 0 radical (unpaired) electrons. The molecule has 30 heavy (non-hydrogen) atoms. The number of carbonyl (C=O) groups is 2. The maximum atomic E-state index is 14.2. The van der Waals surface area contributed by atoms with Crippen LogP contribution in [0.5, 0.6) is 0 Å². The van der Waals surface area contributed by atoms with E-state index in [4.69, 9.17) is 29.0 Å². The third-order valence-corrected chi connectivity index (χ3v) is 5.02. The predicted molar refractivity (Wildman–Crippen MR) is 114 cm³/mol. The largest absolute Gasteiger partial charge is 0.395 e. The highest BCUT2D eigenvalue weighted by atomic mass is 35.5. The molecule has 0 unspecified atom stereocenters. The van der Waals surface area contributed by atoms with E-state index in [0.717, 1.165) is 11.1 Å². The van der Waals surface area contributed by atoms with Crippen LogP contribution in [0.2, 0.25) is 10.0 Å². The third-order valence-electron chi connectivity index (χ3n) is 4.42. The van der Waals surface area contributed by atoms with E-state index in [2.05, 4.69) is 10.6 Å². The number of nitrogens with two attached hydrogens (primary N) is 1. The maximum Gasteiger partial charge on any atom is 0.336 e. The molecule has 7 nitrogen and oxygen atoms in total. The Morgan fingerprint density at radius 3 is 2.30 bits per heavy atom. The van der Waals surface area contributed by atoms with E-state index in [-0.39, 0.29) is 30.3 Å². The minimum absolute atomic E-state index is 0.0116. The Hall–Kier alpha value is -2.39. The topological polar surface area (TPSA) is 108 Å². The van der Waals surface area contributed by atoms with Gasteiger partial charge in [0.25, 0.3) is 0 Å². The first-order valence-electron chi connectivity index (χ1n) is 8.99. The van der Waals surface area contributed by atoms with E-state index < -0.39 is 23.2 Å². The van der Waals surface area contributed by atoms with Gasteiger partial charge in [-0.25, -0.2) is 20.0 Å². The maximum absolute atomic E-state index is 14.2. The van der Waals surface area contributed by atoms with Gasteiger partial charge in [-0.15, -0.1) is 0 Å². The summed E-state index contributed by atoms with van der Waals surface area (Å²) in [5.74, 6) is 4.78. The lowest BCUT2D eigenvalue weighted by Gasteiger charge is -2.21. The lowest BCUT2D eigenvalue weighted by atomic mass is 9.93. The summed E-state index contributed by atoms with van der Waals surface area (Å²) in [4.78, 5) is 24.4. The standard InChI is InChI=1S/C20H23Cl2FN4O3/c1-20(2,11-28)18(29)25-10-13-7-12(16(22)8-17(13)23)9-26-19(30)27(24)15-5-3-14(21)4-6-15/h3-8,28H,9-11,24H2,1-2H3,(H,25,29)(H,26,30). The van der Waals surface area contributed by atoms with E-state index in [1.807, 2.05) is 0 Å². The molecule has 0 aliphatic carbocycles. The Labute approximate surface area is 183 Å². The number of nitrogens with zero attached hydrogens (tertiary/aromatic N) is 1. The number of amides is 3. The number of anilines is 1. The highest BCUT2D eigenvalue weighted by molar-refractivity contribution is 6.31. The van der Waals surface area contributed by atoms with E-state index >= 15 is 0 Å². The Bertz CT molecular complexity index is 923. The van der Waals surface area contributed by atoms with Crippen LogP contribution in [-0.4, -0.2) is 23.7 Å². The third kappa shape index (κ3) is 6.06. The highest BCUT2D eigenvalue weighted by Crippen LogP contribution is 2.22. The first kappa shape index (κ1) is 23.9. The molecule has 2 aromatic carbocycles. The Morgan fingerprint density at radius 1 is 1.10 bits per heavy atom. The SMILES string of the molecule is CC(C)(CO)C(=O)NCc1cc(CNC(=O)N(N)c2ccc(Cl)cc2)c(Cl)cc1F. The van der Waals surface area contributed by atoms with Crippen LogP contribution in [-0.2, 0) is 17.9 Å². The van der Waals surface area contributed by atoms with Crippen molar-refractivity contribution < 1.29 is 19.1 Å². The molecule has 0 aliphatic heterocycles. The summed E-state index contributed by atoms with van der Waals surface area (Å²) >= 11 is 11.9. The molecule has 0 bridgehead atoms. The smallest absolute Gasteiger partial charge is 0.336 e. The van der Waals surface area contributed by atoms with Crippen LogP contribution in [0.15, 0.2) is 36.4 Å². The number of hydrogen-bond acceptors (Lipinski definition) is 4. The van der Waals surface area contributed by atoms with Gasteiger partial charge >= 0.3 is 6.03 Å². The first-order valence-corrected chi connectivity index (χ1v) is 9.75. The van der Waals surface area contributed by atoms with Gasteiger partial charge in [0.05, 0.1) is 17.7 Å². The molecular formula is C20H23Cl2FN4O3. The van der Waals surface area contributed by atoms with Crippen molar-refractivity contribution in [3.8, 4) is 0 Å². The number of urea groups is 1. The van der Waals surface area contributed by atoms with E-state index in [1.165, 1.54) is 6.07 Å². The van der Waals surface area contributed by atoms with Crippen molar-refractivity contribution in [3.05, 3.63) is 63.4 Å². The lowest BCUT2D eigenvalue weighted by Crippen LogP contribution is -2.44. The second kappa shape index (κ2) is 10.1. The van der Waals surface area contributed by atoms with Gasteiger partial charge in [0.2, 0.25) is 5.91 Å². The minimum Gasteiger partial charge on any atom is -0.395 e. The monoisotopic (exact) mass is 456 g/mol. The number of hydrogen-bond donors (Lipinski definition) is 4. The second-order valence-electron chi connectivity index (χ2n) is 7.26. The van der Waals surface area contributed by atoms with Crippen LogP contribution >= 0.6 is 23.2 Å². The molecule has 3 amide bonds. The fourth-order valence-corrected chi connectivity index (χ4v) is 2.72. The number of halogens is 3. The molecule has 0 aliphatic rings. The summed E-state index contributed by atoms with van der Waals surface area (Å²) in [5.41, 5.74) is 0.0676. The first-order chi connectivity index (χ1) is 14.0. The Balaban J connectivity index is 2.05. The number of rotatable bonds is 7. The van der Waals surface area contributed by atoms with E-state index in [1.54, 1.807) is 38.1 Å². The fraction of sp³-hybridized carbons (Fsp3) is 0.300. The minimum atomic E-state index is -0.994. The number of aliphatic hydroxyl groups is 1. The molecule has 0 fully saturated rings. The summed E-state index contributed by atoms with van der Waals surface area (Å²) in [6.45, 7) is 2.69. The van der Waals surface area contributed by atoms with Gasteiger partial charge < -0.3 is 15.7 Å². The van der Waals surface area contributed by atoms with E-state index in [9.17, 15) is 19.1 Å². The number of benzene rings is 2. The van der Waals surface area contributed by atoms with Gasteiger partial charge in [0, 0.05) is 28.7 Å². The van der Waals surface area contributed by atoms with Crippen molar-refractivity contribution >= 4 is 40.8 Å². The molecule has 0 atom stereocenters. The number of hydrazine groups is 1. The van der Waals surface area contributed by atoms with Gasteiger partial charge in [-0.3, -0.25) is 4.79 Å². The van der Waals surface area contributed by atoms with Crippen LogP contribution in [0.1, 0.15) is 25.0 Å². The van der Waals surface area contributed by atoms with Gasteiger partial charge in [-0.1, -0.05) is 23.2 Å². The van der Waals surface area contributed by atoms with Gasteiger partial charge in [0.15, 0.2) is 0 Å². The summed E-state index contributed by atoms with van der Waals surface area (Å²) in [6.07, 6.45) is 0. The van der Waals surface area contributed by atoms with Crippen molar-refractivity contribution in [2.45, 2.75) is 26.9 Å². The summed E-state index contributed by atoms with van der Waals surface area (Å²) in [6, 6.07) is 8.33. The zero-order valence-corrected chi connectivity index (χ0v) is 18.0. The van der Waals surface area contributed by atoms with E-state index in [0.29, 0.717) is 16.3 Å². The van der Waals surface area contributed by atoms with Gasteiger partial charge in [-0.2, -0.15) is 0 Å². The lowest BCUT2D eigenvalue weighted by molar-refractivity contribution is -0.131. The van der Waals surface area contributed by atoms with Crippen molar-refractivity contribution in [1.29, 1.82) is 0 Å². The van der Waals surface area contributed by atoms with Crippen LogP contribution in [0.25, 0.3) is 0 Å². The summed E-state index contributed by atoms with van der Waals surface area (Å²) in [7, 11) is 0. The zero-order chi connectivity index (χ0) is 22.5. The van der Waals surface area contributed by atoms with Crippen molar-refractivity contribution in [1.82, 2.24) is 10.6 Å². The average Bonchev–Trinajstić information content (AvgIpc) is 2.71. The Morgan fingerprint density at radius 2 is 1.70 bits per heavy atom. The molecule has 0 saturated heterocycles. The molecule has 0 aromatic heterocycles. The summed E-state index contributed by atoms with van der Waals surface area (Å²) < 4.78 is 14.2.